The van der Waals surface area contributed by atoms with Gasteiger partial charge in [0.15, 0.2) is 0 Å². The summed E-state index contributed by atoms with van der Waals surface area (Å²) in [5.41, 5.74) is 10.6. The number of hydrogen-bond donors (Lipinski definition) is 0. The Morgan fingerprint density at radius 2 is 1.56 bits per heavy atom. The van der Waals surface area contributed by atoms with Crippen molar-refractivity contribution in [3.63, 3.8) is 0 Å². The number of fused-ring (bicyclic) bond motifs is 10. The van der Waals surface area contributed by atoms with Crippen LogP contribution in [0.15, 0.2) is 60.7 Å². The van der Waals surface area contributed by atoms with E-state index in [1.54, 1.807) is 0 Å². The van der Waals surface area contributed by atoms with E-state index >= 15 is 0 Å². The SMILES string of the molecule is CC(C)(C)c1ccc2c(c1)B1c3ccc4c(c3Oc3cccc(c31)O2)c1ccc2c(c1n4C(C)(C)C)CCC2. The van der Waals surface area contributed by atoms with Crippen LogP contribution < -0.4 is 25.9 Å². The first-order valence-electron chi connectivity index (χ1n) is 14.4. The summed E-state index contributed by atoms with van der Waals surface area (Å²) >= 11 is 0. The molecule has 0 N–H and O–H groups in total. The summed E-state index contributed by atoms with van der Waals surface area (Å²) in [6.45, 7) is 13.9. The summed E-state index contributed by atoms with van der Waals surface area (Å²) in [6.07, 6.45) is 3.56. The lowest BCUT2D eigenvalue weighted by Gasteiger charge is -2.34. The molecule has 0 spiro atoms. The maximum absolute atomic E-state index is 6.91. The highest BCUT2D eigenvalue weighted by Gasteiger charge is 2.42. The van der Waals surface area contributed by atoms with Crippen LogP contribution in [-0.2, 0) is 23.8 Å². The van der Waals surface area contributed by atoms with Gasteiger partial charge in [0.1, 0.15) is 23.0 Å². The Kier molecular flexibility index (Phi) is 4.47. The van der Waals surface area contributed by atoms with Crippen LogP contribution in [0.2, 0.25) is 0 Å². The highest BCUT2D eigenvalue weighted by Crippen LogP contribution is 2.45. The van der Waals surface area contributed by atoms with E-state index in [4.69, 9.17) is 9.47 Å². The van der Waals surface area contributed by atoms with Gasteiger partial charge in [0.25, 0.3) is 6.71 Å². The zero-order chi connectivity index (χ0) is 26.8. The van der Waals surface area contributed by atoms with Gasteiger partial charge in [0.2, 0.25) is 0 Å². The molecule has 1 aliphatic carbocycles. The van der Waals surface area contributed by atoms with Crippen molar-refractivity contribution in [2.75, 3.05) is 0 Å². The van der Waals surface area contributed by atoms with Crippen molar-refractivity contribution in [2.45, 2.75) is 71.8 Å². The number of rotatable bonds is 0. The first kappa shape index (κ1) is 23.3. The van der Waals surface area contributed by atoms with Gasteiger partial charge in [0, 0.05) is 21.8 Å². The highest BCUT2D eigenvalue weighted by atomic mass is 16.5. The lowest BCUT2D eigenvalue weighted by Crippen LogP contribution is -2.57. The van der Waals surface area contributed by atoms with Gasteiger partial charge in [-0.25, -0.2) is 0 Å². The van der Waals surface area contributed by atoms with Crippen molar-refractivity contribution in [2.24, 2.45) is 0 Å². The Balaban J connectivity index is 1.48. The molecule has 0 amide bonds. The largest absolute Gasteiger partial charge is 0.458 e. The molecule has 4 heteroatoms. The van der Waals surface area contributed by atoms with Crippen molar-refractivity contribution in [3.8, 4) is 23.0 Å². The molecule has 0 bridgehead atoms. The molecule has 4 aromatic carbocycles. The number of aromatic nitrogens is 1. The van der Waals surface area contributed by atoms with Gasteiger partial charge in [-0.1, -0.05) is 57.2 Å². The lowest BCUT2D eigenvalue weighted by molar-refractivity contribution is 0.422. The molecule has 39 heavy (non-hydrogen) atoms. The molecule has 0 fully saturated rings. The second-order valence-electron chi connectivity index (χ2n) is 13.6. The summed E-state index contributed by atoms with van der Waals surface area (Å²) in [5.74, 6) is 3.75. The van der Waals surface area contributed by atoms with E-state index in [0.29, 0.717) is 0 Å². The normalized spacial score (nSPS) is 15.5. The van der Waals surface area contributed by atoms with Crippen molar-refractivity contribution < 1.29 is 9.47 Å². The zero-order valence-electron chi connectivity index (χ0n) is 23.7. The van der Waals surface area contributed by atoms with Gasteiger partial charge in [-0.3, -0.25) is 0 Å². The quantitative estimate of drug-likeness (QED) is 0.204. The van der Waals surface area contributed by atoms with Gasteiger partial charge >= 0.3 is 0 Å². The van der Waals surface area contributed by atoms with E-state index in [1.165, 1.54) is 62.3 Å². The minimum Gasteiger partial charge on any atom is -0.458 e. The first-order chi connectivity index (χ1) is 18.6. The fourth-order valence-electron chi connectivity index (χ4n) is 7.32. The summed E-state index contributed by atoms with van der Waals surface area (Å²) in [7, 11) is 0. The van der Waals surface area contributed by atoms with Crippen molar-refractivity contribution >= 4 is 44.9 Å². The molecule has 194 valence electrons. The third-order valence-electron chi connectivity index (χ3n) is 9.07. The molecule has 1 aromatic heterocycles. The van der Waals surface area contributed by atoms with Crippen LogP contribution in [0.1, 0.15) is 64.7 Å². The molecule has 3 heterocycles. The van der Waals surface area contributed by atoms with E-state index in [2.05, 4.69) is 107 Å². The Morgan fingerprint density at radius 1 is 0.769 bits per heavy atom. The summed E-state index contributed by atoms with van der Waals surface area (Å²) < 4.78 is 16.0. The predicted molar refractivity (Wildman–Crippen MR) is 163 cm³/mol. The molecule has 2 aliphatic heterocycles. The van der Waals surface area contributed by atoms with Crippen LogP contribution in [-0.4, -0.2) is 11.3 Å². The minimum atomic E-state index is -0.0570. The van der Waals surface area contributed by atoms with Crippen LogP contribution in [0, 0.1) is 0 Å². The van der Waals surface area contributed by atoms with Crippen LogP contribution in [0.25, 0.3) is 21.8 Å². The highest BCUT2D eigenvalue weighted by molar-refractivity contribution is 6.98. The molecule has 0 unspecified atom stereocenters. The second-order valence-corrected chi connectivity index (χ2v) is 13.6. The molecule has 0 saturated heterocycles. The maximum atomic E-state index is 6.91. The fraction of sp³-hybridized carbons (Fsp3) is 0.314. The Hall–Kier alpha value is -3.66. The molecule has 3 aliphatic rings. The fourth-order valence-corrected chi connectivity index (χ4v) is 7.32. The predicted octanol–water partition coefficient (Wildman–Crippen LogP) is 7.06. The lowest BCUT2D eigenvalue weighted by atomic mass is 9.34. The number of nitrogens with zero attached hydrogens (tertiary/aromatic N) is 1. The molecular weight excluding hydrogens is 477 g/mol. The van der Waals surface area contributed by atoms with Crippen molar-refractivity contribution in [1.29, 1.82) is 0 Å². The number of benzene rings is 4. The van der Waals surface area contributed by atoms with Crippen LogP contribution >= 0.6 is 0 Å². The Labute approximate surface area is 230 Å². The summed E-state index contributed by atoms with van der Waals surface area (Å²) in [5, 5.41) is 2.55. The third kappa shape index (κ3) is 3.12. The van der Waals surface area contributed by atoms with Crippen LogP contribution in [0.3, 0.4) is 0 Å². The van der Waals surface area contributed by atoms with Gasteiger partial charge in [-0.2, -0.15) is 0 Å². The zero-order valence-corrected chi connectivity index (χ0v) is 23.7. The van der Waals surface area contributed by atoms with Crippen molar-refractivity contribution in [1.82, 2.24) is 4.57 Å². The maximum Gasteiger partial charge on any atom is 0.260 e. The molecule has 8 rings (SSSR count). The van der Waals surface area contributed by atoms with Gasteiger partial charge in [0.05, 0.1) is 11.0 Å². The molecule has 5 aromatic rings. The van der Waals surface area contributed by atoms with Crippen molar-refractivity contribution in [3.05, 3.63) is 77.4 Å². The average molecular weight is 511 g/mol. The number of hydrogen-bond acceptors (Lipinski definition) is 2. The molecule has 3 nitrogen and oxygen atoms in total. The standard InChI is InChI=1S/C35H34BNO2/c1-34(2,3)21-14-18-27-25(19-21)36-24-16-17-26-30(33(24)39-29-12-8-11-28(38-27)31(29)36)23-15-13-20-9-7-10-22(20)32(23)37(26)35(4,5)6/h8,11-19H,7,9-10H2,1-6H3. The topological polar surface area (TPSA) is 23.4 Å². The monoisotopic (exact) mass is 511 g/mol. The van der Waals surface area contributed by atoms with Gasteiger partial charge < -0.3 is 14.0 Å². The summed E-state index contributed by atoms with van der Waals surface area (Å²) in [6, 6.07) is 22.4. The van der Waals surface area contributed by atoms with Gasteiger partial charge in [-0.15, -0.1) is 0 Å². The number of ether oxygens (including phenoxy) is 2. The molecule has 0 saturated carbocycles. The second kappa shape index (κ2) is 7.50. The van der Waals surface area contributed by atoms with Crippen LogP contribution in [0.5, 0.6) is 23.0 Å². The molecule has 0 radical (unpaired) electrons. The third-order valence-corrected chi connectivity index (χ3v) is 9.07. The summed E-state index contributed by atoms with van der Waals surface area (Å²) in [4.78, 5) is 0. The first-order valence-corrected chi connectivity index (χ1v) is 14.4. The Bertz CT molecular complexity index is 1870. The molecular formula is C35H34BNO2. The minimum absolute atomic E-state index is 0.0489. The number of aryl methyl sites for hydroxylation is 2. The average Bonchev–Trinajstić information content (AvgIpc) is 3.50. The van der Waals surface area contributed by atoms with Gasteiger partial charge in [-0.05, 0) is 97.3 Å². The van der Waals surface area contributed by atoms with E-state index in [1.807, 2.05) is 0 Å². The van der Waals surface area contributed by atoms with E-state index in [9.17, 15) is 0 Å². The smallest absolute Gasteiger partial charge is 0.260 e. The Morgan fingerprint density at radius 3 is 2.33 bits per heavy atom. The van der Waals surface area contributed by atoms with E-state index in [0.717, 1.165) is 34.9 Å². The molecule has 0 atom stereocenters. The van der Waals surface area contributed by atoms with E-state index < -0.39 is 0 Å². The van der Waals surface area contributed by atoms with Crippen LogP contribution in [0.4, 0.5) is 0 Å². The van der Waals surface area contributed by atoms with E-state index in [-0.39, 0.29) is 17.7 Å².